The van der Waals surface area contributed by atoms with Crippen molar-refractivity contribution in [3.05, 3.63) is 28.3 Å². The first-order valence-corrected chi connectivity index (χ1v) is 4.81. The number of hydrogen-bond acceptors (Lipinski definition) is 3. The third kappa shape index (κ3) is 2.38. The number of aliphatic hydroxyl groups excluding tert-OH is 1. The van der Waals surface area contributed by atoms with Gasteiger partial charge in [0.25, 0.3) is 0 Å². The highest BCUT2D eigenvalue weighted by atomic mass is 35.5. The van der Waals surface area contributed by atoms with Crippen molar-refractivity contribution >= 4 is 11.6 Å². The predicted octanol–water partition coefficient (Wildman–Crippen LogP) is 1.74. The first-order valence-electron chi connectivity index (χ1n) is 4.43. The lowest BCUT2D eigenvalue weighted by molar-refractivity contribution is 0.170. The smallest absolute Gasteiger partial charge is 0.120 e. The van der Waals surface area contributed by atoms with Gasteiger partial charge in [-0.25, -0.2) is 0 Å². The van der Waals surface area contributed by atoms with Crippen LogP contribution in [0.4, 0.5) is 0 Å². The van der Waals surface area contributed by atoms with Crippen molar-refractivity contribution in [2.24, 2.45) is 5.73 Å². The molecule has 0 bridgehead atoms. The van der Waals surface area contributed by atoms with Crippen LogP contribution >= 0.6 is 11.6 Å². The standard InChI is InChI=1S/C10H14ClNO2/c1-6-8(11)4-7(5-10(6)14)9(13)2-3-12/h4-5,9,13-14H,2-3,12H2,1H3. The summed E-state index contributed by atoms with van der Waals surface area (Å²) in [7, 11) is 0. The number of halogens is 1. The Morgan fingerprint density at radius 2 is 2.14 bits per heavy atom. The summed E-state index contributed by atoms with van der Waals surface area (Å²) < 4.78 is 0. The van der Waals surface area contributed by atoms with Crippen LogP contribution in [0.15, 0.2) is 12.1 Å². The van der Waals surface area contributed by atoms with Crippen molar-refractivity contribution in [3.63, 3.8) is 0 Å². The fourth-order valence-electron chi connectivity index (χ4n) is 1.20. The van der Waals surface area contributed by atoms with Gasteiger partial charge in [0.2, 0.25) is 0 Å². The van der Waals surface area contributed by atoms with E-state index < -0.39 is 6.10 Å². The van der Waals surface area contributed by atoms with E-state index in [1.54, 1.807) is 13.0 Å². The molecule has 0 saturated carbocycles. The third-order valence-electron chi connectivity index (χ3n) is 2.16. The molecule has 1 rings (SSSR count). The number of aromatic hydroxyl groups is 1. The minimum absolute atomic E-state index is 0.101. The predicted molar refractivity (Wildman–Crippen MR) is 56.5 cm³/mol. The molecule has 0 radical (unpaired) electrons. The Kier molecular flexibility index (Phi) is 3.75. The van der Waals surface area contributed by atoms with E-state index in [-0.39, 0.29) is 5.75 Å². The van der Waals surface area contributed by atoms with Crippen molar-refractivity contribution in [3.8, 4) is 5.75 Å². The second-order valence-electron chi connectivity index (χ2n) is 3.24. The van der Waals surface area contributed by atoms with E-state index in [0.717, 1.165) is 0 Å². The second-order valence-corrected chi connectivity index (χ2v) is 3.65. The molecule has 0 aliphatic rings. The van der Waals surface area contributed by atoms with E-state index in [2.05, 4.69) is 0 Å². The second kappa shape index (κ2) is 4.64. The minimum atomic E-state index is -0.663. The molecule has 1 atom stereocenters. The highest BCUT2D eigenvalue weighted by Crippen LogP contribution is 2.30. The molecule has 3 nitrogen and oxygen atoms in total. The number of benzene rings is 1. The zero-order valence-corrected chi connectivity index (χ0v) is 8.75. The van der Waals surface area contributed by atoms with Crippen molar-refractivity contribution in [2.45, 2.75) is 19.4 Å². The maximum Gasteiger partial charge on any atom is 0.120 e. The molecule has 78 valence electrons. The van der Waals surface area contributed by atoms with Gasteiger partial charge in [-0.05, 0) is 37.6 Å². The van der Waals surface area contributed by atoms with Gasteiger partial charge < -0.3 is 15.9 Å². The Balaban J connectivity index is 3.00. The number of nitrogens with two attached hydrogens (primary N) is 1. The third-order valence-corrected chi connectivity index (χ3v) is 2.56. The number of phenols is 1. The van der Waals surface area contributed by atoms with Crippen LogP contribution in [0.5, 0.6) is 5.75 Å². The van der Waals surface area contributed by atoms with Gasteiger partial charge >= 0.3 is 0 Å². The summed E-state index contributed by atoms with van der Waals surface area (Å²) in [6, 6.07) is 3.17. The first kappa shape index (κ1) is 11.3. The van der Waals surface area contributed by atoms with Gasteiger partial charge in [-0.15, -0.1) is 0 Å². The van der Waals surface area contributed by atoms with E-state index in [4.69, 9.17) is 17.3 Å². The van der Waals surface area contributed by atoms with Gasteiger partial charge in [0, 0.05) is 10.6 Å². The van der Waals surface area contributed by atoms with Crippen molar-refractivity contribution in [1.82, 2.24) is 0 Å². The van der Waals surface area contributed by atoms with Crippen molar-refractivity contribution in [1.29, 1.82) is 0 Å². The highest BCUT2D eigenvalue weighted by molar-refractivity contribution is 6.31. The molecule has 4 N–H and O–H groups in total. The first-order chi connectivity index (χ1) is 6.56. The van der Waals surface area contributed by atoms with Crippen LogP contribution < -0.4 is 5.73 Å². The van der Waals surface area contributed by atoms with Gasteiger partial charge in [-0.1, -0.05) is 11.6 Å². The number of aliphatic hydroxyl groups is 1. The van der Waals surface area contributed by atoms with Crippen LogP contribution in [0.25, 0.3) is 0 Å². The zero-order valence-electron chi connectivity index (χ0n) is 8.00. The molecule has 0 aliphatic carbocycles. The van der Waals surface area contributed by atoms with Crippen LogP contribution in [-0.2, 0) is 0 Å². The van der Waals surface area contributed by atoms with Gasteiger partial charge in [0.1, 0.15) is 5.75 Å². The van der Waals surface area contributed by atoms with Crippen LogP contribution in [0, 0.1) is 6.92 Å². The quantitative estimate of drug-likeness (QED) is 0.720. The average molecular weight is 216 g/mol. The molecule has 1 aromatic rings. The van der Waals surface area contributed by atoms with Gasteiger partial charge in [0.05, 0.1) is 6.10 Å². The molecule has 0 saturated heterocycles. The maximum atomic E-state index is 9.61. The monoisotopic (exact) mass is 215 g/mol. The summed E-state index contributed by atoms with van der Waals surface area (Å²) in [5.41, 5.74) is 6.54. The largest absolute Gasteiger partial charge is 0.508 e. The fourth-order valence-corrected chi connectivity index (χ4v) is 1.42. The summed E-state index contributed by atoms with van der Waals surface area (Å²) >= 11 is 5.86. The van der Waals surface area contributed by atoms with E-state index in [1.165, 1.54) is 6.07 Å². The summed E-state index contributed by atoms with van der Waals surface area (Å²) in [5, 5.41) is 19.5. The molecule has 4 heteroatoms. The Labute approximate surface area is 88.1 Å². The molecule has 0 aromatic heterocycles. The van der Waals surface area contributed by atoms with Crippen molar-refractivity contribution in [2.75, 3.05) is 6.54 Å². The number of phenolic OH excluding ortho intramolecular Hbond substituents is 1. The Bertz CT molecular complexity index is 305. The van der Waals surface area contributed by atoms with Gasteiger partial charge in [-0.3, -0.25) is 0 Å². The molecule has 0 aliphatic heterocycles. The molecule has 14 heavy (non-hydrogen) atoms. The molecular weight excluding hydrogens is 202 g/mol. The number of rotatable bonds is 3. The van der Waals surface area contributed by atoms with Crippen LogP contribution in [0.3, 0.4) is 0 Å². The average Bonchev–Trinajstić information content (AvgIpc) is 2.13. The van der Waals surface area contributed by atoms with Gasteiger partial charge in [-0.2, -0.15) is 0 Å². The van der Waals surface area contributed by atoms with Crippen LogP contribution in [-0.4, -0.2) is 16.8 Å². The lowest BCUT2D eigenvalue weighted by atomic mass is 10.0. The Morgan fingerprint density at radius 3 is 2.64 bits per heavy atom. The number of hydrogen-bond donors (Lipinski definition) is 3. The Hall–Kier alpha value is -0.770. The minimum Gasteiger partial charge on any atom is -0.508 e. The van der Waals surface area contributed by atoms with E-state index in [9.17, 15) is 10.2 Å². The molecule has 1 unspecified atom stereocenters. The van der Waals surface area contributed by atoms with E-state index in [0.29, 0.717) is 29.1 Å². The van der Waals surface area contributed by atoms with Gasteiger partial charge in [0.15, 0.2) is 0 Å². The topological polar surface area (TPSA) is 66.5 Å². The zero-order chi connectivity index (χ0) is 10.7. The summed E-state index contributed by atoms with van der Waals surface area (Å²) in [4.78, 5) is 0. The SMILES string of the molecule is Cc1c(O)cc(C(O)CCN)cc1Cl. The summed E-state index contributed by atoms with van der Waals surface area (Å²) in [6.07, 6.45) is -0.206. The van der Waals surface area contributed by atoms with E-state index >= 15 is 0 Å². The highest BCUT2D eigenvalue weighted by Gasteiger charge is 2.11. The lowest BCUT2D eigenvalue weighted by Crippen LogP contribution is -2.06. The molecule has 0 amide bonds. The Morgan fingerprint density at radius 1 is 1.50 bits per heavy atom. The summed E-state index contributed by atoms with van der Waals surface area (Å²) in [6.45, 7) is 2.12. The molecule has 0 spiro atoms. The lowest BCUT2D eigenvalue weighted by Gasteiger charge is -2.12. The molecular formula is C10H14ClNO2. The normalized spacial score (nSPS) is 12.9. The van der Waals surface area contributed by atoms with E-state index in [1.807, 2.05) is 0 Å². The van der Waals surface area contributed by atoms with Crippen molar-refractivity contribution < 1.29 is 10.2 Å². The molecule has 0 fully saturated rings. The summed E-state index contributed by atoms with van der Waals surface area (Å²) in [5.74, 6) is 0.101. The fraction of sp³-hybridized carbons (Fsp3) is 0.400. The van der Waals surface area contributed by atoms with Crippen LogP contribution in [0.1, 0.15) is 23.7 Å². The molecule has 1 aromatic carbocycles. The van der Waals surface area contributed by atoms with Crippen LogP contribution in [0.2, 0.25) is 5.02 Å². The molecule has 0 heterocycles. The maximum absolute atomic E-state index is 9.61.